The third-order valence-electron chi connectivity index (χ3n) is 1.87. The molecule has 1 N–H and O–H groups in total. The van der Waals surface area contributed by atoms with E-state index < -0.39 is 0 Å². The Morgan fingerprint density at radius 2 is 2.46 bits per heavy atom. The van der Waals surface area contributed by atoms with Crippen LogP contribution >= 0.6 is 0 Å². The first-order chi connectivity index (χ1) is 6.40. The summed E-state index contributed by atoms with van der Waals surface area (Å²) in [6, 6.07) is 8.67. The third-order valence-corrected chi connectivity index (χ3v) is 1.87. The van der Waals surface area contributed by atoms with E-state index in [1.165, 1.54) is 12.7 Å². The molecule has 3 heteroatoms. The standard InChI is InChI=1S/C10H8BNO/c1-11-13-9-5-4-8-3-2-6-12-10(8)7-9/h4-5,7,12H,1,3H2. The van der Waals surface area contributed by atoms with Gasteiger partial charge in [-0.2, -0.15) is 0 Å². The summed E-state index contributed by atoms with van der Waals surface area (Å²) in [5, 5.41) is 2.99. The Labute approximate surface area is 77.9 Å². The van der Waals surface area contributed by atoms with E-state index in [0.717, 1.165) is 17.9 Å². The van der Waals surface area contributed by atoms with Crippen molar-refractivity contribution < 1.29 is 4.65 Å². The Bertz CT molecular complexity index is 403. The molecule has 0 bridgehead atoms. The van der Waals surface area contributed by atoms with Crippen LogP contribution in [0.1, 0.15) is 5.56 Å². The Morgan fingerprint density at radius 3 is 3.31 bits per heavy atom. The average molecular weight is 169 g/mol. The second-order valence-electron chi connectivity index (χ2n) is 2.71. The van der Waals surface area contributed by atoms with Crippen molar-refractivity contribution in [1.82, 2.24) is 0 Å². The zero-order valence-electron chi connectivity index (χ0n) is 7.13. The fourth-order valence-electron chi connectivity index (χ4n) is 1.25. The summed E-state index contributed by atoms with van der Waals surface area (Å²) in [6.07, 6.45) is 0.802. The second kappa shape index (κ2) is 3.36. The first-order valence-corrected chi connectivity index (χ1v) is 4.04. The maximum absolute atomic E-state index is 5.15. The van der Waals surface area contributed by atoms with Gasteiger partial charge >= 0.3 is 77.1 Å². The Hall–Kier alpha value is -1.69. The molecular weight excluding hydrogens is 161 g/mol. The van der Waals surface area contributed by atoms with Gasteiger partial charge in [0.25, 0.3) is 0 Å². The summed E-state index contributed by atoms with van der Waals surface area (Å²) in [5.41, 5.74) is 2.23. The zero-order valence-corrected chi connectivity index (χ0v) is 7.13. The second-order valence-corrected chi connectivity index (χ2v) is 2.71. The van der Waals surface area contributed by atoms with Gasteiger partial charge in [0.2, 0.25) is 0 Å². The molecule has 0 saturated carbocycles. The van der Waals surface area contributed by atoms with Gasteiger partial charge in [0.05, 0.1) is 0 Å². The van der Waals surface area contributed by atoms with Gasteiger partial charge in [0.1, 0.15) is 0 Å². The van der Waals surface area contributed by atoms with E-state index in [9.17, 15) is 0 Å². The molecule has 0 saturated heterocycles. The number of hydrogen-bond acceptors (Lipinski definition) is 2. The summed E-state index contributed by atoms with van der Waals surface area (Å²) in [7, 11) is 1.41. The van der Waals surface area contributed by atoms with Crippen molar-refractivity contribution in [2.24, 2.45) is 0 Å². The van der Waals surface area contributed by atoms with Gasteiger partial charge in [-0.05, 0) is 0 Å². The number of fused-ring (bicyclic) bond motifs is 1. The minimum atomic E-state index is 0.782. The van der Waals surface area contributed by atoms with E-state index in [0.29, 0.717) is 0 Å². The third kappa shape index (κ3) is 1.57. The number of anilines is 1. The van der Waals surface area contributed by atoms with E-state index in [1.807, 2.05) is 18.2 Å². The first kappa shape index (κ1) is 7.94. The van der Waals surface area contributed by atoms with Crippen LogP contribution in [-0.4, -0.2) is 13.6 Å². The van der Waals surface area contributed by atoms with Crippen molar-refractivity contribution >= 4 is 19.3 Å². The Kier molecular flexibility index (Phi) is 2.05. The summed E-state index contributed by atoms with van der Waals surface area (Å²) in [4.78, 5) is 0. The normalized spacial score (nSPS) is 11.4. The number of nitrogens with one attached hydrogen (secondary N) is 1. The quantitative estimate of drug-likeness (QED) is 0.527. The van der Waals surface area contributed by atoms with E-state index in [1.54, 1.807) is 0 Å². The molecule has 1 aliphatic heterocycles. The molecule has 1 aromatic carbocycles. The Balaban J connectivity index is 2.34. The van der Waals surface area contributed by atoms with Crippen molar-refractivity contribution in [1.29, 1.82) is 0 Å². The van der Waals surface area contributed by atoms with Crippen molar-refractivity contribution in [3.05, 3.63) is 23.8 Å². The average Bonchev–Trinajstić information content (AvgIpc) is 2.18. The number of rotatable bonds is 2. The monoisotopic (exact) mass is 169 g/mol. The van der Waals surface area contributed by atoms with Crippen LogP contribution in [-0.2, 0) is 6.42 Å². The molecule has 1 aromatic rings. The van der Waals surface area contributed by atoms with Gasteiger partial charge in [0, 0.05) is 0 Å². The molecule has 0 radical (unpaired) electrons. The number of hydrogen-bond donors (Lipinski definition) is 1. The van der Waals surface area contributed by atoms with Crippen molar-refractivity contribution in [2.75, 3.05) is 5.32 Å². The molecule has 0 fully saturated rings. The van der Waals surface area contributed by atoms with Gasteiger partial charge < -0.3 is 0 Å². The topological polar surface area (TPSA) is 21.3 Å². The van der Waals surface area contributed by atoms with Crippen LogP contribution in [0.15, 0.2) is 18.2 Å². The van der Waals surface area contributed by atoms with Gasteiger partial charge in [-0.3, -0.25) is 0 Å². The van der Waals surface area contributed by atoms with Crippen LogP contribution in [0, 0.1) is 12.0 Å². The Morgan fingerprint density at radius 1 is 1.54 bits per heavy atom. The molecule has 2 nitrogen and oxygen atoms in total. The predicted molar refractivity (Wildman–Crippen MR) is 55.0 cm³/mol. The van der Waals surface area contributed by atoms with Gasteiger partial charge in [-0.1, -0.05) is 0 Å². The number of benzene rings is 1. The summed E-state index contributed by atoms with van der Waals surface area (Å²) in [5.74, 6) is 3.75. The fraction of sp³-hybridized carbons (Fsp3) is 0.100. The molecule has 0 atom stereocenters. The molecule has 0 spiro atoms. The molecular formula is C10H8BNO. The van der Waals surface area contributed by atoms with Crippen LogP contribution in [0.25, 0.3) is 0 Å². The fourth-order valence-corrected chi connectivity index (χ4v) is 1.25. The SMILES string of the molecule is C=BOc1ccc2c(c1)NC#CC2. The van der Waals surface area contributed by atoms with Crippen LogP contribution in [0.5, 0.6) is 5.75 Å². The summed E-state index contributed by atoms with van der Waals surface area (Å²) in [6.45, 7) is 3.50. The van der Waals surface area contributed by atoms with Crippen molar-refractivity contribution in [3.8, 4) is 17.7 Å². The summed E-state index contributed by atoms with van der Waals surface area (Å²) >= 11 is 0. The van der Waals surface area contributed by atoms with Gasteiger partial charge in [-0.25, -0.2) is 0 Å². The van der Waals surface area contributed by atoms with Crippen molar-refractivity contribution in [2.45, 2.75) is 6.42 Å². The maximum atomic E-state index is 5.15. The van der Waals surface area contributed by atoms with Crippen LogP contribution in [0.4, 0.5) is 5.69 Å². The van der Waals surface area contributed by atoms with E-state index in [-0.39, 0.29) is 0 Å². The van der Waals surface area contributed by atoms with Crippen molar-refractivity contribution in [3.63, 3.8) is 0 Å². The molecule has 0 aromatic heterocycles. The first-order valence-electron chi connectivity index (χ1n) is 4.04. The molecule has 0 unspecified atom stereocenters. The molecule has 13 heavy (non-hydrogen) atoms. The predicted octanol–water partition coefficient (Wildman–Crippen LogP) is 1.05. The van der Waals surface area contributed by atoms with Crippen LogP contribution in [0.2, 0.25) is 0 Å². The zero-order chi connectivity index (χ0) is 9.10. The van der Waals surface area contributed by atoms with E-state index in [4.69, 9.17) is 4.65 Å². The molecule has 2 rings (SSSR count). The molecule has 0 aliphatic carbocycles. The molecule has 62 valence electrons. The van der Waals surface area contributed by atoms with Crippen LogP contribution in [0.3, 0.4) is 0 Å². The molecule has 0 amide bonds. The van der Waals surface area contributed by atoms with E-state index in [2.05, 4.69) is 23.8 Å². The van der Waals surface area contributed by atoms with Gasteiger partial charge in [-0.15, -0.1) is 0 Å². The summed E-state index contributed by atoms with van der Waals surface area (Å²) < 4.78 is 5.15. The van der Waals surface area contributed by atoms with Gasteiger partial charge in [0.15, 0.2) is 0 Å². The van der Waals surface area contributed by atoms with E-state index >= 15 is 0 Å². The van der Waals surface area contributed by atoms with Crippen LogP contribution < -0.4 is 9.97 Å². The minimum absolute atomic E-state index is 0.782. The molecule has 1 aliphatic rings. The molecule has 1 heterocycles.